The minimum Gasteiger partial charge on any atom is 0 e. The smallest absolute Gasteiger partial charge is 0 e. The highest BCUT2D eigenvalue weighted by molar-refractivity contribution is 3.25. The van der Waals surface area contributed by atoms with Gasteiger partial charge in [-0.2, -0.15) is 0 Å². The molecule has 0 saturated carbocycles. The topological polar surface area (TPSA) is 28.5 Å². The fraction of sp³-hybridized carbons (Fsp3) is 0. The summed E-state index contributed by atoms with van der Waals surface area (Å²) in [5, 5.41) is 0. The molecule has 0 unspecified atom stereocenters. The Morgan fingerprint density at radius 1 is 0.500 bits per heavy atom. The van der Waals surface area contributed by atoms with Gasteiger partial charge in [-0.3, -0.25) is 0 Å². The lowest BCUT2D eigenvalue weighted by Crippen LogP contribution is -0.119. The van der Waals surface area contributed by atoms with Gasteiger partial charge >= 0.3 is 0 Å². The Hall–Kier alpha value is -0.0400. The summed E-state index contributed by atoms with van der Waals surface area (Å²) in [5.74, 6) is 0. The van der Waals surface area contributed by atoms with E-state index in [1.807, 2.05) is 0 Å². The van der Waals surface area contributed by atoms with Gasteiger partial charge in [0.2, 0.25) is 0 Å². The molecule has 0 heterocycles. The summed E-state index contributed by atoms with van der Waals surface area (Å²) in [6, 6.07) is 0. The second-order valence-electron chi connectivity index (χ2n) is 0. The first-order valence-corrected chi connectivity index (χ1v) is 0. The van der Waals surface area contributed by atoms with Gasteiger partial charge in [-0.25, -0.2) is 0 Å². The normalized spacial score (nSPS) is 0. The standard InChI is InChI=1S/3C.O. The molecule has 0 N–H and O–H groups in total. The quantitative estimate of drug-likeness (QED) is 0.374. The van der Waals surface area contributed by atoms with Crippen LogP contribution in [0.5, 0.6) is 0 Å². The second-order valence-corrected chi connectivity index (χ2v) is 0. The summed E-state index contributed by atoms with van der Waals surface area (Å²) in [6.45, 7) is 0. The Morgan fingerprint density at radius 2 is 0.500 bits per heavy atom. The fourth-order valence-corrected chi connectivity index (χ4v) is 0. The van der Waals surface area contributed by atoms with Crippen molar-refractivity contribution in [1.29, 1.82) is 0 Å². The molecule has 0 aliphatic rings. The molecule has 0 rings (SSSR count). The molecule has 18 valence electrons. The van der Waals surface area contributed by atoms with E-state index < -0.39 is 0 Å². The van der Waals surface area contributed by atoms with Gasteiger partial charge in [0.25, 0.3) is 0 Å². The van der Waals surface area contributed by atoms with E-state index in [0.29, 0.717) is 0 Å². The predicted octanol–water partition coefficient (Wildman–Crippen LogP) is 0.125. The van der Waals surface area contributed by atoms with Crippen LogP contribution in [0, 0.1) is 22.3 Å². The molecule has 0 spiro atoms. The number of rotatable bonds is 0. The van der Waals surface area contributed by atoms with Crippen LogP contribution in [-0.2, 0) is 5.48 Å². The summed E-state index contributed by atoms with van der Waals surface area (Å²) >= 11 is 0. The van der Waals surface area contributed by atoms with Crippen LogP contribution in [0.3, 0.4) is 0 Å². The Bertz CT molecular complexity index is 3.25. The Morgan fingerprint density at radius 3 is 0.500 bits per heavy atom. The zero-order chi connectivity index (χ0) is 0. The number of hydrogen-bond donors (Lipinski definition) is 0. The van der Waals surface area contributed by atoms with Crippen LogP contribution in [0.1, 0.15) is 0 Å². The Labute approximate surface area is 29.0 Å². The van der Waals surface area contributed by atoms with Crippen molar-refractivity contribution in [3.05, 3.63) is 22.3 Å². The zero-order valence-electron chi connectivity index (χ0n) is 1.91. The van der Waals surface area contributed by atoms with Crippen LogP contribution in [0.2, 0.25) is 0 Å². The van der Waals surface area contributed by atoms with Crippen molar-refractivity contribution >= 4 is 0 Å². The lowest BCUT2D eigenvalue weighted by molar-refractivity contribution is 0.686. The summed E-state index contributed by atoms with van der Waals surface area (Å²) in [5.41, 5.74) is 0. The van der Waals surface area contributed by atoms with E-state index in [1.165, 1.54) is 0 Å². The zero-order valence-corrected chi connectivity index (χ0v) is 1.91. The van der Waals surface area contributed by atoms with Crippen LogP contribution in [-0.4, -0.2) is 0 Å². The van der Waals surface area contributed by atoms with Crippen molar-refractivity contribution in [2.45, 2.75) is 0 Å². The first-order valence-electron chi connectivity index (χ1n) is 0. The highest BCUT2D eigenvalue weighted by Crippen LogP contribution is 0.0833. The first-order chi connectivity index (χ1) is 0. The minimum absolute atomic E-state index is 0. The highest BCUT2D eigenvalue weighted by atomic mass is 16.0. The fourth-order valence-electron chi connectivity index (χ4n) is 0. The van der Waals surface area contributed by atoms with E-state index in [-0.39, 0.29) is 27.8 Å². The highest BCUT2D eigenvalue weighted by Gasteiger charge is 0.00300. The van der Waals surface area contributed by atoms with Crippen molar-refractivity contribution in [1.82, 2.24) is 0 Å². The Balaban J connectivity index is 0. The molecule has 0 bridgehead atoms. The Kier molecular flexibility index (Phi) is 38500000. The molecule has 0 amide bonds. The maximum atomic E-state index is 0. The van der Waals surface area contributed by atoms with Crippen molar-refractivity contribution in [3.8, 4) is 0 Å². The van der Waals surface area contributed by atoms with Gasteiger partial charge in [-0.1, -0.05) is 0 Å². The third-order valence-corrected chi connectivity index (χ3v) is 0. The average Bonchev–Trinajstić information content (AvgIpc) is 0. The summed E-state index contributed by atoms with van der Waals surface area (Å²) in [4.78, 5) is 0. The van der Waals surface area contributed by atoms with Crippen LogP contribution in [0.4, 0.5) is 0 Å². The van der Waals surface area contributed by atoms with E-state index in [4.69, 9.17) is 0 Å². The molecule has 0 aromatic rings. The molecule has 0 fully saturated rings. The van der Waals surface area contributed by atoms with Crippen molar-refractivity contribution in [2.24, 2.45) is 0 Å². The largest absolute Gasteiger partial charge is 0 e. The van der Waals surface area contributed by atoms with Crippen molar-refractivity contribution < 1.29 is 5.48 Å². The van der Waals surface area contributed by atoms with E-state index in [1.54, 1.807) is 0 Å². The monoisotopic (exact) mass is 52.0 g/mol. The van der Waals surface area contributed by atoms with Gasteiger partial charge in [0.1, 0.15) is 0 Å². The molecule has 1 nitrogen and oxygen atoms in total. The lowest BCUT2D eigenvalue weighted by Gasteiger charge is -0.00100. The molecule has 0 aromatic heterocycles. The number of hydrogen-bond acceptors (Lipinski definition) is 0. The van der Waals surface area contributed by atoms with Crippen LogP contribution in [0.15, 0.2) is 0 Å². The van der Waals surface area contributed by atoms with E-state index in [9.17, 15) is 0 Å². The SMILES string of the molecule is [C].[C].[C].[O]. The van der Waals surface area contributed by atoms with Crippen LogP contribution in [0.25, 0.3) is 0 Å². The molecule has 14 radical (unpaired) electrons. The molecular formula is C3O. The molecule has 1 heteroatoms. The van der Waals surface area contributed by atoms with Gasteiger partial charge in [0.15, 0.2) is 0 Å². The summed E-state index contributed by atoms with van der Waals surface area (Å²) in [6.07, 6.45) is 0. The third kappa shape index (κ3) is 1130. The van der Waals surface area contributed by atoms with Gasteiger partial charge in [0, 0.05) is 27.8 Å². The average molecular weight is 52.0 g/mol. The maximum Gasteiger partial charge on any atom is 0 e. The molecule has 0 saturated heterocycles. The van der Waals surface area contributed by atoms with Crippen LogP contribution < -0.4 is 0 Å². The van der Waals surface area contributed by atoms with E-state index in [2.05, 4.69) is 0 Å². The summed E-state index contributed by atoms with van der Waals surface area (Å²) < 4.78 is 0. The minimum atomic E-state index is 0. The molecule has 0 aliphatic carbocycles. The lowest BCUT2D eigenvalue weighted by atomic mass is 12.0. The van der Waals surface area contributed by atoms with Gasteiger partial charge in [0.05, 0.1) is 0 Å². The first kappa shape index (κ1) is 21700. The molecule has 0 aliphatic heterocycles. The van der Waals surface area contributed by atoms with Crippen LogP contribution >= 0.6 is 0 Å². The molecule has 0 atom stereocenters. The molecular weight excluding hydrogens is 52.0 g/mol. The van der Waals surface area contributed by atoms with Gasteiger partial charge in [-0.15, -0.1) is 0 Å². The van der Waals surface area contributed by atoms with E-state index >= 15 is 0 Å². The van der Waals surface area contributed by atoms with Crippen molar-refractivity contribution in [2.75, 3.05) is 0 Å². The van der Waals surface area contributed by atoms with Crippen molar-refractivity contribution in [3.63, 3.8) is 0 Å². The van der Waals surface area contributed by atoms with Gasteiger partial charge in [-0.05, 0) is 0 Å². The summed E-state index contributed by atoms with van der Waals surface area (Å²) in [7, 11) is 0. The second kappa shape index (κ2) is 7110. The van der Waals surface area contributed by atoms with Gasteiger partial charge < -0.3 is 0 Å². The third-order valence-electron chi connectivity index (χ3n) is 0. The molecule has 0 aromatic carbocycles. The predicted molar refractivity (Wildman–Crippen MR) is 10.4 cm³/mol. The van der Waals surface area contributed by atoms with E-state index in [0.717, 1.165) is 0 Å². The maximum absolute atomic E-state index is 0. The molecule has 4 heavy (non-hydrogen) atoms.